The van der Waals surface area contributed by atoms with Crippen LogP contribution >= 0.6 is 0 Å². The van der Waals surface area contributed by atoms with Crippen molar-refractivity contribution in [2.24, 2.45) is 0 Å². The summed E-state index contributed by atoms with van der Waals surface area (Å²) in [7, 11) is 0. The molecule has 0 bridgehead atoms. The molecule has 2 aliphatic rings. The fraction of sp³-hybridized carbons (Fsp3) is 0.875. The van der Waals surface area contributed by atoms with E-state index in [-0.39, 0.29) is 11.6 Å². The Morgan fingerprint density at radius 2 is 2.00 bits per heavy atom. The van der Waals surface area contributed by atoms with Crippen molar-refractivity contribution in [3.8, 4) is 0 Å². The number of amides is 1. The predicted octanol–water partition coefficient (Wildman–Crippen LogP) is 0.238. The third-order valence-corrected chi connectivity index (χ3v) is 2.74. The van der Waals surface area contributed by atoms with Gasteiger partial charge in [0.05, 0.1) is 6.61 Å². The summed E-state index contributed by atoms with van der Waals surface area (Å²) in [5, 5.41) is 6.21. The molecule has 12 heavy (non-hydrogen) atoms. The van der Waals surface area contributed by atoms with E-state index in [1.54, 1.807) is 0 Å². The van der Waals surface area contributed by atoms with Crippen molar-refractivity contribution < 1.29 is 9.53 Å². The van der Waals surface area contributed by atoms with E-state index in [0.717, 1.165) is 32.4 Å². The van der Waals surface area contributed by atoms with Crippen LogP contribution in [0.25, 0.3) is 0 Å². The topological polar surface area (TPSA) is 50.4 Å². The summed E-state index contributed by atoms with van der Waals surface area (Å²) in [6.07, 6.45) is 2.77. The van der Waals surface area contributed by atoms with E-state index in [9.17, 15) is 4.79 Å². The van der Waals surface area contributed by atoms with Gasteiger partial charge in [0.1, 0.15) is 0 Å². The molecule has 2 aliphatic heterocycles. The summed E-state index contributed by atoms with van der Waals surface area (Å²) in [6.45, 7) is 2.58. The van der Waals surface area contributed by atoms with Crippen molar-refractivity contribution in [2.75, 3.05) is 19.7 Å². The van der Waals surface area contributed by atoms with Crippen LogP contribution in [0.3, 0.4) is 0 Å². The highest BCUT2D eigenvalue weighted by atomic mass is 16.6. The predicted molar refractivity (Wildman–Crippen MR) is 43.9 cm³/mol. The fourth-order valence-corrected chi connectivity index (χ4v) is 1.93. The monoisotopic (exact) mass is 170 g/mol. The van der Waals surface area contributed by atoms with Gasteiger partial charge in [0.25, 0.3) is 0 Å². The van der Waals surface area contributed by atoms with Gasteiger partial charge in [-0.05, 0) is 25.9 Å². The average Bonchev–Trinajstić information content (AvgIpc) is 2.05. The number of hydrogen-bond acceptors (Lipinski definition) is 3. The minimum Gasteiger partial charge on any atom is -0.449 e. The van der Waals surface area contributed by atoms with Crippen molar-refractivity contribution >= 4 is 6.09 Å². The Balaban J connectivity index is 2.02. The number of ether oxygens (including phenoxy) is 1. The van der Waals surface area contributed by atoms with Crippen LogP contribution in [-0.4, -0.2) is 31.3 Å². The van der Waals surface area contributed by atoms with Crippen molar-refractivity contribution in [1.82, 2.24) is 10.6 Å². The number of carbonyl (C=O) groups excluding carboxylic acids is 1. The number of carbonyl (C=O) groups is 1. The van der Waals surface area contributed by atoms with Crippen LogP contribution in [-0.2, 0) is 4.74 Å². The molecule has 4 nitrogen and oxygen atoms in total. The second-order valence-electron chi connectivity index (χ2n) is 3.54. The summed E-state index contributed by atoms with van der Waals surface area (Å²) in [5.74, 6) is 0. The molecule has 0 aliphatic carbocycles. The van der Waals surface area contributed by atoms with Crippen molar-refractivity contribution in [2.45, 2.75) is 24.8 Å². The molecule has 2 rings (SSSR count). The lowest BCUT2D eigenvalue weighted by atomic mass is 9.85. The SMILES string of the molecule is O=C1NC2(CCNCC2)CCO1. The van der Waals surface area contributed by atoms with Gasteiger partial charge >= 0.3 is 6.09 Å². The molecular formula is C8H14N2O2. The van der Waals surface area contributed by atoms with Crippen LogP contribution in [0.2, 0.25) is 0 Å². The maximum absolute atomic E-state index is 11.0. The normalized spacial score (nSPS) is 27.8. The summed E-state index contributed by atoms with van der Waals surface area (Å²) in [6, 6.07) is 0. The smallest absolute Gasteiger partial charge is 0.407 e. The highest BCUT2D eigenvalue weighted by Gasteiger charge is 2.36. The van der Waals surface area contributed by atoms with Gasteiger partial charge in [-0.15, -0.1) is 0 Å². The average molecular weight is 170 g/mol. The Kier molecular flexibility index (Phi) is 1.92. The third-order valence-electron chi connectivity index (χ3n) is 2.74. The standard InChI is InChI=1S/C8H14N2O2/c11-7-10-8(3-6-12-7)1-4-9-5-2-8/h9H,1-6H2,(H,10,11). The maximum atomic E-state index is 11.0. The molecule has 0 unspecified atom stereocenters. The Bertz CT molecular complexity index is 182. The highest BCUT2D eigenvalue weighted by Crippen LogP contribution is 2.24. The lowest BCUT2D eigenvalue weighted by Gasteiger charge is -2.40. The molecule has 0 radical (unpaired) electrons. The van der Waals surface area contributed by atoms with Crippen molar-refractivity contribution in [3.63, 3.8) is 0 Å². The van der Waals surface area contributed by atoms with Gasteiger partial charge in [0.15, 0.2) is 0 Å². The number of rotatable bonds is 0. The van der Waals surface area contributed by atoms with Crippen LogP contribution in [0.4, 0.5) is 4.79 Å². The first kappa shape index (κ1) is 7.86. The quantitative estimate of drug-likeness (QED) is 0.547. The molecule has 0 saturated carbocycles. The molecule has 2 saturated heterocycles. The zero-order chi connectivity index (χ0) is 8.44. The minimum absolute atomic E-state index is 0.0422. The highest BCUT2D eigenvalue weighted by molar-refractivity contribution is 5.69. The van der Waals surface area contributed by atoms with E-state index in [4.69, 9.17) is 4.74 Å². The van der Waals surface area contributed by atoms with Crippen LogP contribution in [0.5, 0.6) is 0 Å². The molecule has 4 heteroatoms. The molecule has 0 aromatic heterocycles. The number of hydrogen-bond donors (Lipinski definition) is 2. The van der Waals surface area contributed by atoms with E-state index >= 15 is 0 Å². The second kappa shape index (κ2) is 2.94. The van der Waals surface area contributed by atoms with Gasteiger partial charge in [0.2, 0.25) is 0 Å². The van der Waals surface area contributed by atoms with E-state index in [2.05, 4.69) is 10.6 Å². The molecule has 68 valence electrons. The first-order valence-electron chi connectivity index (χ1n) is 4.46. The molecule has 0 atom stereocenters. The van der Waals surface area contributed by atoms with E-state index in [1.165, 1.54) is 0 Å². The van der Waals surface area contributed by atoms with Crippen LogP contribution in [0.15, 0.2) is 0 Å². The van der Waals surface area contributed by atoms with Gasteiger partial charge in [0, 0.05) is 12.0 Å². The zero-order valence-corrected chi connectivity index (χ0v) is 7.06. The van der Waals surface area contributed by atoms with Crippen LogP contribution in [0, 0.1) is 0 Å². The molecule has 2 heterocycles. The van der Waals surface area contributed by atoms with Gasteiger partial charge in [-0.2, -0.15) is 0 Å². The second-order valence-corrected chi connectivity index (χ2v) is 3.54. The Hall–Kier alpha value is -0.770. The zero-order valence-electron chi connectivity index (χ0n) is 7.06. The molecule has 1 amide bonds. The molecule has 1 spiro atoms. The first-order valence-corrected chi connectivity index (χ1v) is 4.46. The molecule has 2 N–H and O–H groups in total. The maximum Gasteiger partial charge on any atom is 0.407 e. The summed E-state index contributed by atoms with van der Waals surface area (Å²) >= 11 is 0. The molecule has 0 aromatic rings. The van der Waals surface area contributed by atoms with Gasteiger partial charge in [-0.3, -0.25) is 0 Å². The number of piperidine rings is 1. The van der Waals surface area contributed by atoms with E-state index in [0.29, 0.717) is 6.61 Å². The number of alkyl carbamates (subject to hydrolysis) is 1. The fourth-order valence-electron chi connectivity index (χ4n) is 1.93. The summed E-state index contributed by atoms with van der Waals surface area (Å²) in [4.78, 5) is 11.0. The minimum atomic E-state index is -0.247. The van der Waals surface area contributed by atoms with Gasteiger partial charge < -0.3 is 15.4 Å². The van der Waals surface area contributed by atoms with Crippen molar-refractivity contribution in [3.05, 3.63) is 0 Å². The number of cyclic esters (lactones) is 1. The lowest BCUT2D eigenvalue weighted by Crippen LogP contribution is -2.57. The Morgan fingerprint density at radius 1 is 1.25 bits per heavy atom. The van der Waals surface area contributed by atoms with Crippen molar-refractivity contribution in [1.29, 1.82) is 0 Å². The molecule has 0 aromatic carbocycles. The lowest BCUT2D eigenvalue weighted by molar-refractivity contribution is 0.0743. The third kappa shape index (κ3) is 1.39. The first-order chi connectivity index (χ1) is 5.81. The molecular weight excluding hydrogens is 156 g/mol. The van der Waals surface area contributed by atoms with E-state index < -0.39 is 0 Å². The molecule has 2 fully saturated rings. The Morgan fingerprint density at radius 3 is 2.67 bits per heavy atom. The van der Waals surface area contributed by atoms with Crippen LogP contribution in [0.1, 0.15) is 19.3 Å². The van der Waals surface area contributed by atoms with E-state index in [1.807, 2.05) is 0 Å². The largest absolute Gasteiger partial charge is 0.449 e. The number of nitrogens with one attached hydrogen (secondary N) is 2. The van der Waals surface area contributed by atoms with Gasteiger partial charge in [-0.1, -0.05) is 0 Å². The Labute approximate surface area is 71.7 Å². The van der Waals surface area contributed by atoms with Crippen LogP contribution < -0.4 is 10.6 Å². The summed E-state index contributed by atoms with van der Waals surface area (Å²) < 4.78 is 4.83. The van der Waals surface area contributed by atoms with Gasteiger partial charge in [-0.25, -0.2) is 4.79 Å². The summed E-state index contributed by atoms with van der Waals surface area (Å²) in [5.41, 5.74) is 0.0422.